The fourth-order valence-electron chi connectivity index (χ4n) is 2.53. The predicted molar refractivity (Wildman–Crippen MR) is 107 cm³/mol. The van der Waals surface area contributed by atoms with E-state index in [1.165, 1.54) is 10.7 Å². The first kappa shape index (κ1) is 19.2. The van der Waals surface area contributed by atoms with Crippen LogP contribution in [0, 0.1) is 0 Å². The molecule has 1 N–H and O–H groups in total. The minimum absolute atomic E-state index is 0.0991. The minimum atomic E-state index is -0.262. The molecule has 0 spiro atoms. The van der Waals surface area contributed by atoms with E-state index in [4.69, 9.17) is 9.47 Å². The topological polar surface area (TPSA) is 82.5 Å². The van der Waals surface area contributed by atoms with E-state index >= 15 is 0 Å². The quantitative estimate of drug-likeness (QED) is 0.683. The molecule has 0 atom stereocenters. The average molecular weight is 379 g/mol. The van der Waals surface area contributed by atoms with Crippen LogP contribution in [0.5, 0.6) is 11.5 Å². The fraction of sp³-hybridized carbons (Fsp3) is 0.190. The number of aryl methyl sites for hydroxylation is 1. The highest BCUT2D eigenvalue weighted by Gasteiger charge is 2.06. The van der Waals surface area contributed by atoms with Gasteiger partial charge in [-0.3, -0.25) is 9.59 Å². The van der Waals surface area contributed by atoms with E-state index in [1.54, 1.807) is 49.5 Å². The van der Waals surface area contributed by atoms with Crippen molar-refractivity contribution in [1.29, 1.82) is 0 Å². The summed E-state index contributed by atoms with van der Waals surface area (Å²) in [6, 6.07) is 17.4. The third-order valence-corrected chi connectivity index (χ3v) is 3.93. The number of carbonyl (C=O) groups excluding carboxylic acids is 1. The summed E-state index contributed by atoms with van der Waals surface area (Å²) in [6.45, 7) is 2.41. The molecule has 2 aromatic carbocycles. The summed E-state index contributed by atoms with van der Waals surface area (Å²) >= 11 is 0. The van der Waals surface area contributed by atoms with E-state index in [0.29, 0.717) is 23.7 Å². The van der Waals surface area contributed by atoms with E-state index in [1.807, 2.05) is 19.1 Å². The molecule has 7 heteroatoms. The van der Waals surface area contributed by atoms with Crippen LogP contribution in [-0.4, -0.2) is 28.9 Å². The largest absolute Gasteiger partial charge is 0.494 e. The van der Waals surface area contributed by atoms with Crippen LogP contribution in [0.15, 0.2) is 65.5 Å². The second-order valence-electron chi connectivity index (χ2n) is 6.00. The molecule has 0 saturated carbocycles. The highest BCUT2D eigenvalue weighted by Crippen LogP contribution is 2.19. The molecule has 3 rings (SSSR count). The van der Waals surface area contributed by atoms with E-state index < -0.39 is 0 Å². The van der Waals surface area contributed by atoms with Crippen molar-refractivity contribution < 1.29 is 14.3 Å². The SMILES string of the molecule is CCOc1ccc(OCC(=O)Nc2ccc(-c3ccc(=O)n(C)n3)cc2)cc1. The molecular formula is C21H21N3O4. The number of aromatic nitrogens is 2. The zero-order chi connectivity index (χ0) is 19.9. The molecule has 28 heavy (non-hydrogen) atoms. The Balaban J connectivity index is 1.55. The lowest BCUT2D eigenvalue weighted by atomic mass is 10.1. The average Bonchev–Trinajstić information content (AvgIpc) is 2.70. The Labute approximate surface area is 162 Å². The molecule has 1 aromatic heterocycles. The van der Waals surface area contributed by atoms with Crippen molar-refractivity contribution in [2.24, 2.45) is 7.05 Å². The summed E-state index contributed by atoms with van der Waals surface area (Å²) in [5.41, 5.74) is 2.01. The van der Waals surface area contributed by atoms with Crippen molar-refractivity contribution in [2.45, 2.75) is 6.92 Å². The molecule has 0 unspecified atom stereocenters. The van der Waals surface area contributed by atoms with E-state index in [2.05, 4.69) is 10.4 Å². The van der Waals surface area contributed by atoms with Gasteiger partial charge in [0.2, 0.25) is 0 Å². The van der Waals surface area contributed by atoms with Crippen LogP contribution in [0.2, 0.25) is 0 Å². The normalized spacial score (nSPS) is 10.4. The lowest BCUT2D eigenvalue weighted by Crippen LogP contribution is -2.20. The molecule has 0 saturated heterocycles. The van der Waals surface area contributed by atoms with Crippen LogP contribution in [-0.2, 0) is 11.8 Å². The van der Waals surface area contributed by atoms with Gasteiger partial charge in [0.05, 0.1) is 12.3 Å². The Hall–Kier alpha value is -3.61. The Morgan fingerprint density at radius 1 is 0.964 bits per heavy atom. The molecular weight excluding hydrogens is 358 g/mol. The number of carbonyl (C=O) groups is 1. The Kier molecular flexibility index (Phi) is 6.06. The summed E-state index contributed by atoms with van der Waals surface area (Å²) in [7, 11) is 1.60. The first-order valence-electron chi connectivity index (χ1n) is 8.85. The molecule has 0 bridgehead atoms. The fourth-order valence-corrected chi connectivity index (χ4v) is 2.53. The summed E-state index contributed by atoms with van der Waals surface area (Å²) in [4.78, 5) is 23.5. The Morgan fingerprint density at radius 2 is 1.61 bits per heavy atom. The van der Waals surface area contributed by atoms with Gasteiger partial charge < -0.3 is 14.8 Å². The van der Waals surface area contributed by atoms with E-state index in [-0.39, 0.29) is 18.1 Å². The van der Waals surface area contributed by atoms with Crippen molar-refractivity contribution in [3.05, 3.63) is 71.0 Å². The van der Waals surface area contributed by atoms with Gasteiger partial charge >= 0.3 is 0 Å². The van der Waals surface area contributed by atoms with Crippen molar-refractivity contribution in [3.63, 3.8) is 0 Å². The molecule has 0 radical (unpaired) electrons. The monoisotopic (exact) mass is 379 g/mol. The van der Waals surface area contributed by atoms with E-state index in [0.717, 1.165) is 11.3 Å². The minimum Gasteiger partial charge on any atom is -0.494 e. The standard InChI is InChI=1S/C21H21N3O4/c1-3-27-17-8-10-18(11-9-17)28-14-20(25)22-16-6-4-15(5-7-16)19-12-13-21(26)24(2)23-19/h4-13H,3,14H2,1-2H3,(H,22,25). The number of nitrogens with zero attached hydrogens (tertiary/aromatic N) is 2. The maximum atomic E-state index is 12.1. The van der Waals surface area contributed by atoms with Gasteiger partial charge in [-0.25, -0.2) is 4.68 Å². The predicted octanol–water partition coefficient (Wildman–Crippen LogP) is 2.86. The summed E-state index contributed by atoms with van der Waals surface area (Å²) in [5, 5.41) is 6.98. The van der Waals surface area contributed by atoms with Gasteiger partial charge in [0.25, 0.3) is 11.5 Å². The molecule has 7 nitrogen and oxygen atoms in total. The van der Waals surface area contributed by atoms with Gasteiger partial charge in [0.1, 0.15) is 11.5 Å². The number of amides is 1. The molecule has 0 aliphatic rings. The summed E-state index contributed by atoms with van der Waals surface area (Å²) in [5.74, 6) is 1.09. The number of hydrogen-bond acceptors (Lipinski definition) is 5. The van der Waals surface area contributed by atoms with E-state index in [9.17, 15) is 9.59 Å². The number of benzene rings is 2. The number of anilines is 1. The van der Waals surface area contributed by atoms with Gasteiger partial charge in [-0.05, 0) is 49.4 Å². The van der Waals surface area contributed by atoms with Crippen LogP contribution in [0.1, 0.15) is 6.92 Å². The lowest BCUT2D eigenvalue weighted by molar-refractivity contribution is -0.118. The number of hydrogen-bond donors (Lipinski definition) is 1. The molecule has 3 aromatic rings. The third-order valence-electron chi connectivity index (χ3n) is 3.93. The van der Waals surface area contributed by atoms with Crippen LogP contribution in [0.3, 0.4) is 0 Å². The zero-order valence-electron chi connectivity index (χ0n) is 15.7. The van der Waals surface area contributed by atoms with Crippen LogP contribution >= 0.6 is 0 Å². The van der Waals surface area contributed by atoms with Crippen molar-refractivity contribution in [2.75, 3.05) is 18.5 Å². The van der Waals surface area contributed by atoms with Crippen molar-refractivity contribution in [3.8, 4) is 22.8 Å². The Morgan fingerprint density at radius 3 is 2.21 bits per heavy atom. The number of nitrogens with one attached hydrogen (secondary N) is 1. The van der Waals surface area contributed by atoms with Crippen molar-refractivity contribution >= 4 is 11.6 Å². The molecule has 0 aliphatic carbocycles. The first-order valence-corrected chi connectivity index (χ1v) is 8.85. The molecule has 1 heterocycles. The highest BCUT2D eigenvalue weighted by molar-refractivity contribution is 5.92. The first-order chi connectivity index (χ1) is 13.5. The summed E-state index contributed by atoms with van der Waals surface area (Å²) < 4.78 is 12.1. The molecule has 0 aliphatic heterocycles. The summed E-state index contributed by atoms with van der Waals surface area (Å²) in [6.07, 6.45) is 0. The molecule has 0 fully saturated rings. The maximum absolute atomic E-state index is 12.1. The molecule has 144 valence electrons. The highest BCUT2D eigenvalue weighted by atomic mass is 16.5. The van der Waals surface area contributed by atoms with Gasteiger partial charge in [0.15, 0.2) is 6.61 Å². The lowest BCUT2D eigenvalue weighted by Gasteiger charge is -2.09. The van der Waals surface area contributed by atoms with Gasteiger partial charge in [0, 0.05) is 24.4 Å². The van der Waals surface area contributed by atoms with Gasteiger partial charge in [-0.1, -0.05) is 12.1 Å². The van der Waals surface area contributed by atoms with Crippen LogP contribution in [0.4, 0.5) is 5.69 Å². The van der Waals surface area contributed by atoms with Gasteiger partial charge in [-0.2, -0.15) is 5.10 Å². The maximum Gasteiger partial charge on any atom is 0.266 e. The zero-order valence-corrected chi connectivity index (χ0v) is 15.7. The second kappa shape index (κ2) is 8.85. The van der Waals surface area contributed by atoms with Crippen LogP contribution in [0.25, 0.3) is 11.3 Å². The second-order valence-corrected chi connectivity index (χ2v) is 6.00. The number of ether oxygens (including phenoxy) is 2. The van der Waals surface area contributed by atoms with Crippen molar-refractivity contribution in [1.82, 2.24) is 9.78 Å². The molecule has 1 amide bonds. The third kappa shape index (κ3) is 4.97. The van der Waals surface area contributed by atoms with Crippen LogP contribution < -0.4 is 20.3 Å². The number of rotatable bonds is 7. The van der Waals surface area contributed by atoms with Gasteiger partial charge in [-0.15, -0.1) is 0 Å². The smallest absolute Gasteiger partial charge is 0.266 e. The Bertz CT molecular complexity index is 995.